The van der Waals surface area contributed by atoms with Crippen LogP contribution in [-0.2, 0) is 20.9 Å². The molecule has 2 heterocycles. The summed E-state index contributed by atoms with van der Waals surface area (Å²) in [7, 11) is 0. The molecule has 0 bridgehead atoms. The second-order valence-electron chi connectivity index (χ2n) is 3.87. The smallest absolute Gasteiger partial charge is 0.356 e. The average molecular weight is 251 g/mol. The summed E-state index contributed by atoms with van der Waals surface area (Å²) >= 11 is 0. The predicted molar refractivity (Wildman–Crippen MR) is 59.8 cm³/mol. The Balaban J connectivity index is 1.95. The number of carbonyl (C=O) groups is 2. The summed E-state index contributed by atoms with van der Waals surface area (Å²) in [5, 5.41) is 3.76. The van der Waals surface area contributed by atoms with Crippen LogP contribution >= 0.6 is 0 Å². The molecule has 1 aromatic heterocycles. The van der Waals surface area contributed by atoms with Crippen LogP contribution in [0.15, 0.2) is 16.3 Å². The molecule has 2 N–H and O–H groups in total. The molecular weight excluding hydrogens is 238 g/mol. The minimum absolute atomic E-state index is 0.0902. The predicted octanol–water partition coefficient (Wildman–Crippen LogP) is 0.243. The Morgan fingerprint density at radius 1 is 1.50 bits per heavy atom. The van der Waals surface area contributed by atoms with E-state index in [1.165, 1.54) is 6.08 Å². The van der Waals surface area contributed by atoms with Crippen LogP contribution in [-0.4, -0.2) is 17.0 Å². The van der Waals surface area contributed by atoms with Crippen LogP contribution in [0.1, 0.15) is 23.4 Å². The van der Waals surface area contributed by atoms with Gasteiger partial charge in [0.25, 0.3) is 0 Å². The van der Waals surface area contributed by atoms with E-state index in [9.17, 15) is 9.59 Å². The SMILES string of the molecule is Cc1noc(C)c1COC(=O)C1=CCC(=O)NN1. The van der Waals surface area contributed by atoms with E-state index in [0.29, 0.717) is 11.5 Å². The highest BCUT2D eigenvalue weighted by Crippen LogP contribution is 2.14. The first-order valence-corrected chi connectivity index (χ1v) is 5.42. The standard InChI is InChI=1S/C11H13N3O4/c1-6-8(7(2)18-14-6)5-17-11(16)9-3-4-10(15)13-12-9/h3,12H,4-5H2,1-2H3,(H,13,15). The molecule has 96 valence electrons. The molecule has 0 unspecified atom stereocenters. The Labute approximate surface area is 103 Å². The Bertz CT molecular complexity index is 499. The Morgan fingerprint density at radius 2 is 2.28 bits per heavy atom. The maximum atomic E-state index is 11.7. The summed E-state index contributed by atoms with van der Waals surface area (Å²) in [6.07, 6.45) is 1.64. The molecule has 1 aliphatic rings. The first kappa shape index (κ1) is 12.2. The van der Waals surface area contributed by atoms with Crippen molar-refractivity contribution in [1.82, 2.24) is 16.0 Å². The van der Waals surface area contributed by atoms with Crippen molar-refractivity contribution in [2.24, 2.45) is 0 Å². The molecule has 2 rings (SSSR count). The van der Waals surface area contributed by atoms with Gasteiger partial charge in [0.15, 0.2) is 0 Å². The van der Waals surface area contributed by atoms with E-state index < -0.39 is 5.97 Å². The van der Waals surface area contributed by atoms with Gasteiger partial charge in [0, 0.05) is 6.42 Å². The van der Waals surface area contributed by atoms with Gasteiger partial charge >= 0.3 is 5.97 Å². The number of rotatable bonds is 3. The zero-order valence-electron chi connectivity index (χ0n) is 10.1. The minimum atomic E-state index is -0.532. The summed E-state index contributed by atoms with van der Waals surface area (Å²) in [4.78, 5) is 22.5. The summed E-state index contributed by atoms with van der Waals surface area (Å²) in [5.41, 5.74) is 6.49. The summed E-state index contributed by atoms with van der Waals surface area (Å²) < 4.78 is 10.1. The zero-order chi connectivity index (χ0) is 13.1. The van der Waals surface area contributed by atoms with E-state index in [1.807, 2.05) is 0 Å². The van der Waals surface area contributed by atoms with Crippen LogP contribution in [0.25, 0.3) is 0 Å². The third-order valence-electron chi connectivity index (χ3n) is 2.58. The van der Waals surface area contributed by atoms with E-state index in [2.05, 4.69) is 16.0 Å². The van der Waals surface area contributed by atoms with E-state index in [4.69, 9.17) is 9.26 Å². The number of esters is 1. The lowest BCUT2D eigenvalue weighted by Gasteiger charge is -2.15. The van der Waals surface area contributed by atoms with E-state index >= 15 is 0 Å². The number of nitrogens with one attached hydrogen (secondary N) is 2. The molecule has 1 aromatic rings. The third kappa shape index (κ3) is 2.50. The van der Waals surface area contributed by atoms with Crippen LogP contribution in [0.3, 0.4) is 0 Å². The second kappa shape index (κ2) is 4.91. The van der Waals surface area contributed by atoms with E-state index in [-0.39, 0.29) is 24.6 Å². The van der Waals surface area contributed by atoms with Crippen LogP contribution in [0, 0.1) is 13.8 Å². The first-order chi connectivity index (χ1) is 8.58. The molecule has 0 aliphatic carbocycles. The van der Waals surface area contributed by atoms with Crippen LogP contribution in [0.5, 0.6) is 0 Å². The van der Waals surface area contributed by atoms with Gasteiger partial charge < -0.3 is 9.26 Å². The molecule has 0 saturated carbocycles. The zero-order valence-corrected chi connectivity index (χ0v) is 10.1. The van der Waals surface area contributed by atoms with Gasteiger partial charge in [-0.25, -0.2) is 4.79 Å². The van der Waals surface area contributed by atoms with Crippen molar-refractivity contribution in [1.29, 1.82) is 0 Å². The number of hydrazine groups is 1. The number of aryl methyl sites for hydroxylation is 2. The molecule has 0 saturated heterocycles. The number of amides is 1. The normalized spacial score (nSPS) is 14.6. The van der Waals surface area contributed by atoms with Crippen molar-refractivity contribution in [3.8, 4) is 0 Å². The lowest BCUT2D eigenvalue weighted by Crippen LogP contribution is -2.42. The topological polar surface area (TPSA) is 93.5 Å². The van der Waals surface area contributed by atoms with Gasteiger partial charge in [-0.2, -0.15) is 0 Å². The number of hydrogen-bond acceptors (Lipinski definition) is 6. The highest BCUT2D eigenvalue weighted by Gasteiger charge is 2.18. The average Bonchev–Trinajstić information content (AvgIpc) is 2.67. The molecule has 0 aromatic carbocycles. The molecule has 7 nitrogen and oxygen atoms in total. The lowest BCUT2D eigenvalue weighted by molar-refractivity contribution is -0.141. The molecule has 0 spiro atoms. The van der Waals surface area contributed by atoms with Crippen LogP contribution < -0.4 is 10.9 Å². The maximum absolute atomic E-state index is 11.7. The molecule has 0 radical (unpaired) electrons. The molecule has 0 atom stereocenters. The molecule has 18 heavy (non-hydrogen) atoms. The van der Waals surface area contributed by atoms with Gasteiger partial charge in [-0.3, -0.25) is 15.6 Å². The largest absolute Gasteiger partial charge is 0.456 e. The summed E-state index contributed by atoms with van der Waals surface area (Å²) in [6, 6.07) is 0. The fraction of sp³-hybridized carbons (Fsp3) is 0.364. The quantitative estimate of drug-likeness (QED) is 0.747. The van der Waals surface area contributed by atoms with E-state index in [0.717, 1.165) is 5.56 Å². The molecule has 1 aliphatic heterocycles. The van der Waals surface area contributed by atoms with Crippen molar-refractivity contribution in [3.63, 3.8) is 0 Å². The number of aromatic nitrogens is 1. The Kier molecular flexibility index (Phi) is 3.31. The number of carbonyl (C=O) groups excluding carboxylic acids is 2. The van der Waals surface area contributed by atoms with Crippen molar-refractivity contribution in [3.05, 3.63) is 28.8 Å². The number of ether oxygens (including phenoxy) is 1. The van der Waals surface area contributed by atoms with Gasteiger partial charge in [0.05, 0.1) is 11.3 Å². The van der Waals surface area contributed by atoms with Gasteiger partial charge in [0.2, 0.25) is 5.91 Å². The van der Waals surface area contributed by atoms with Crippen LogP contribution in [0.2, 0.25) is 0 Å². The highest BCUT2D eigenvalue weighted by molar-refractivity contribution is 5.91. The van der Waals surface area contributed by atoms with Crippen molar-refractivity contribution >= 4 is 11.9 Å². The lowest BCUT2D eigenvalue weighted by atomic mass is 10.2. The molecule has 1 amide bonds. The fourth-order valence-electron chi connectivity index (χ4n) is 1.49. The number of nitrogens with zero attached hydrogens (tertiary/aromatic N) is 1. The summed E-state index contributed by atoms with van der Waals surface area (Å²) in [6.45, 7) is 3.62. The minimum Gasteiger partial charge on any atom is -0.456 e. The third-order valence-corrected chi connectivity index (χ3v) is 2.58. The fourth-order valence-corrected chi connectivity index (χ4v) is 1.49. The second-order valence-corrected chi connectivity index (χ2v) is 3.87. The van der Waals surface area contributed by atoms with Gasteiger partial charge in [-0.05, 0) is 19.9 Å². The van der Waals surface area contributed by atoms with Gasteiger partial charge in [0.1, 0.15) is 18.1 Å². The number of hydrogen-bond donors (Lipinski definition) is 2. The van der Waals surface area contributed by atoms with Gasteiger partial charge in [-0.1, -0.05) is 5.16 Å². The molecule has 7 heteroatoms. The Hall–Kier alpha value is -2.31. The van der Waals surface area contributed by atoms with Gasteiger partial charge in [-0.15, -0.1) is 0 Å². The van der Waals surface area contributed by atoms with Crippen molar-refractivity contribution in [2.45, 2.75) is 26.9 Å². The highest BCUT2D eigenvalue weighted by atomic mass is 16.5. The van der Waals surface area contributed by atoms with Crippen LogP contribution in [0.4, 0.5) is 0 Å². The molecule has 0 fully saturated rings. The molecular formula is C11H13N3O4. The maximum Gasteiger partial charge on any atom is 0.356 e. The monoisotopic (exact) mass is 251 g/mol. The first-order valence-electron chi connectivity index (χ1n) is 5.42. The van der Waals surface area contributed by atoms with Crippen molar-refractivity contribution < 1.29 is 18.8 Å². The van der Waals surface area contributed by atoms with E-state index in [1.54, 1.807) is 13.8 Å². The summed E-state index contributed by atoms with van der Waals surface area (Å²) in [5.74, 6) is -0.105. The Morgan fingerprint density at radius 3 is 2.83 bits per heavy atom. The van der Waals surface area contributed by atoms with Crippen molar-refractivity contribution in [2.75, 3.05) is 0 Å².